The van der Waals surface area contributed by atoms with Gasteiger partial charge in [-0.2, -0.15) is 13.2 Å². The number of hydrogen-bond donors (Lipinski definition) is 0. The van der Waals surface area contributed by atoms with E-state index in [0.29, 0.717) is 0 Å². The fourth-order valence-electron chi connectivity index (χ4n) is 1.01. The molecule has 0 amide bonds. The summed E-state index contributed by atoms with van der Waals surface area (Å²) in [5, 5.41) is 3.08. The lowest BCUT2D eigenvalue weighted by molar-refractivity contribution is -0.0604. The zero-order valence-electron chi connectivity index (χ0n) is 7.77. The van der Waals surface area contributed by atoms with Crippen LogP contribution in [0.1, 0.15) is 6.42 Å². The third kappa shape index (κ3) is 2.46. The van der Waals surface area contributed by atoms with Crippen molar-refractivity contribution in [1.82, 2.24) is 0 Å². The lowest BCUT2D eigenvalue weighted by atomic mass is 10.3. The average molecular weight is 211 g/mol. The Morgan fingerprint density at radius 2 is 1.92 bits per heavy atom. The van der Waals surface area contributed by atoms with Crippen LogP contribution in [0.5, 0.6) is 0 Å². The minimum Gasteiger partial charge on any atom is -0.396 e. The molecule has 76 valence electrons. The fraction of sp³-hybridized carbons (Fsp3) is 0.857. The number of rotatable bonds is 1. The molecule has 0 aromatic heterocycles. The third-order valence-electron chi connectivity index (χ3n) is 1.96. The molecule has 1 heterocycles. The minimum absolute atomic E-state index is 0.0841. The van der Waals surface area contributed by atoms with Crippen LogP contribution >= 0.6 is 0 Å². The highest BCUT2D eigenvalue weighted by molar-refractivity contribution is 6.77. The van der Waals surface area contributed by atoms with Gasteiger partial charge in [0.2, 0.25) is 0 Å². The van der Waals surface area contributed by atoms with E-state index < -0.39 is 20.0 Å². The summed E-state index contributed by atoms with van der Waals surface area (Å²) in [7, 11) is -1.68. The molecule has 2 nitrogen and oxygen atoms in total. The average Bonchev–Trinajstić information content (AvgIpc) is 2.28. The Morgan fingerprint density at radius 3 is 2.15 bits per heavy atom. The van der Waals surface area contributed by atoms with Gasteiger partial charge in [0, 0.05) is 6.42 Å². The van der Waals surface area contributed by atoms with Gasteiger partial charge < -0.3 is 4.84 Å². The highest BCUT2D eigenvalue weighted by atomic mass is 28.3. The van der Waals surface area contributed by atoms with Crippen molar-refractivity contribution in [2.24, 2.45) is 5.16 Å². The van der Waals surface area contributed by atoms with Gasteiger partial charge in [-0.25, -0.2) is 0 Å². The van der Waals surface area contributed by atoms with Crippen LogP contribution in [-0.2, 0) is 4.84 Å². The molecular formula is C7H12F3NOSi. The van der Waals surface area contributed by atoms with Crippen LogP contribution in [0.2, 0.25) is 19.6 Å². The number of alkyl halides is 3. The Morgan fingerprint density at radius 1 is 1.38 bits per heavy atom. The Labute approximate surface area is 75.8 Å². The first kappa shape index (κ1) is 10.6. The van der Waals surface area contributed by atoms with Crippen LogP contribution < -0.4 is 0 Å². The minimum atomic E-state index is -4.32. The fourth-order valence-corrected chi connectivity index (χ4v) is 2.18. The van der Waals surface area contributed by atoms with Crippen LogP contribution in [0, 0.1) is 0 Å². The Hall–Kier alpha value is -0.523. The maximum atomic E-state index is 12.1. The molecule has 1 rings (SSSR count). The number of oxime groups is 1. The van der Waals surface area contributed by atoms with Crippen molar-refractivity contribution in [2.75, 3.05) is 0 Å². The predicted molar refractivity (Wildman–Crippen MR) is 46.3 cm³/mol. The predicted octanol–water partition coefficient (Wildman–Crippen LogP) is 2.57. The summed E-state index contributed by atoms with van der Waals surface area (Å²) < 4.78 is 36.4. The number of halogens is 3. The molecule has 0 bridgehead atoms. The SMILES string of the molecule is C[Si](C)(C)C1CC(C(F)(F)F)=NO1. The van der Waals surface area contributed by atoms with Crippen molar-refractivity contribution in [3.8, 4) is 0 Å². The molecule has 13 heavy (non-hydrogen) atoms. The first-order chi connectivity index (χ1) is 5.71. The molecule has 0 saturated heterocycles. The Balaban J connectivity index is 2.63. The smallest absolute Gasteiger partial charge is 0.396 e. The van der Waals surface area contributed by atoms with Crippen molar-refractivity contribution in [3.05, 3.63) is 0 Å². The molecule has 1 aliphatic rings. The standard InChI is InChI=1S/C7H12F3NOSi/c1-13(2,3)6-4-5(11-12-6)7(8,9)10/h6H,4H2,1-3H3. The van der Waals surface area contributed by atoms with E-state index >= 15 is 0 Å². The van der Waals surface area contributed by atoms with E-state index in [4.69, 9.17) is 4.84 Å². The summed E-state index contributed by atoms with van der Waals surface area (Å²) >= 11 is 0. The van der Waals surface area contributed by atoms with Gasteiger partial charge in [-0.1, -0.05) is 24.8 Å². The molecule has 0 saturated carbocycles. The van der Waals surface area contributed by atoms with Crippen molar-refractivity contribution in [3.63, 3.8) is 0 Å². The molecule has 0 fully saturated rings. The van der Waals surface area contributed by atoms with Gasteiger partial charge in [-0.15, -0.1) is 0 Å². The summed E-state index contributed by atoms with van der Waals surface area (Å²) in [6.45, 7) is 5.89. The maximum Gasteiger partial charge on any atom is 0.432 e. The van der Waals surface area contributed by atoms with E-state index in [1.807, 2.05) is 19.6 Å². The normalized spacial score (nSPS) is 24.2. The zero-order valence-corrected chi connectivity index (χ0v) is 8.77. The second-order valence-corrected chi connectivity index (χ2v) is 9.58. The topological polar surface area (TPSA) is 21.6 Å². The van der Waals surface area contributed by atoms with Gasteiger partial charge in [0.05, 0.1) is 8.07 Å². The van der Waals surface area contributed by atoms with Crippen molar-refractivity contribution in [1.29, 1.82) is 0 Å². The van der Waals surface area contributed by atoms with Gasteiger partial charge in [0.25, 0.3) is 0 Å². The molecule has 0 N–H and O–H groups in total. The van der Waals surface area contributed by atoms with Crippen molar-refractivity contribution >= 4 is 13.8 Å². The van der Waals surface area contributed by atoms with Crippen LogP contribution in [-0.4, -0.2) is 25.7 Å². The van der Waals surface area contributed by atoms with Gasteiger partial charge in [-0.3, -0.25) is 0 Å². The number of nitrogens with zero attached hydrogens (tertiary/aromatic N) is 1. The summed E-state index contributed by atoms with van der Waals surface area (Å²) in [5.74, 6) is 0. The van der Waals surface area contributed by atoms with E-state index in [1.165, 1.54) is 0 Å². The second-order valence-electron chi connectivity index (χ2n) is 4.20. The van der Waals surface area contributed by atoms with Crippen LogP contribution in [0.4, 0.5) is 13.2 Å². The van der Waals surface area contributed by atoms with Crippen LogP contribution in [0.25, 0.3) is 0 Å². The highest BCUT2D eigenvalue weighted by Crippen LogP contribution is 2.29. The molecule has 0 radical (unpaired) electrons. The van der Waals surface area contributed by atoms with E-state index in [0.717, 1.165) is 0 Å². The van der Waals surface area contributed by atoms with Gasteiger partial charge in [0.1, 0.15) is 5.73 Å². The first-order valence-corrected chi connectivity index (χ1v) is 7.59. The largest absolute Gasteiger partial charge is 0.432 e. The second kappa shape index (κ2) is 3.00. The zero-order chi connectivity index (χ0) is 10.3. The Kier molecular flexibility index (Phi) is 2.44. The van der Waals surface area contributed by atoms with E-state index in [1.54, 1.807) is 0 Å². The summed E-state index contributed by atoms with van der Waals surface area (Å²) in [5.41, 5.74) is -1.11. The quantitative estimate of drug-likeness (QED) is 0.611. The molecule has 1 atom stereocenters. The Bertz CT molecular complexity index is 231. The summed E-state index contributed by atoms with van der Waals surface area (Å²) in [6, 6.07) is 0. The van der Waals surface area contributed by atoms with E-state index in [2.05, 4.69) is 5.16 Å². The molecule has 0 aromatic rings. The molecule has 0 aromatic carbocycles. The lowest BCUT2D eigenvalue weighted by Crippen LogP contribution is -2.39. The van der Waals surface area contributed by atoms with Crippen molar-refractivity contribution < 1.29 is 18.0 Å². The van der Waals surface area contributed by atoms with Crippen LogP contribution in [0.3, 0.4) is 0 Å². The highest BCUT2D eigenvalue weighted by Gasteiger charge is 2.45. The summed E-state index contributed by atoms with van der Waals surface area (Å²) in [6.07, 6.45) is -4.41. The molecule has 1 aliphatic heterocycles. The van der Waals surface area contributed by atoms with E-state index in [9.17, 15) is 13.2 Å². The molecular weight excluding hydrogens is 199 g/mol. The third-order valence-corrected chi connectivity index (χ3v) is 4.20. The van der Waals surface area contributed by atoms with Crippen LogP contribution in [0.15, 0.2) is 5.16 Å². The summed E-state index contributed by atoms with van der Waals surface area (Å²) in [4.78, 5) is 4.79. The van der Waals surface area contributed by atoms with Crippen molar-refractivity contribution in [2.45, 2.75) is 38.0 Å². The molecule has 0 aliphatic carbocycles. The van der Waals surface area contributed by atoms with Gasteiger partial charge in [0.15, 0.2) is 5.71 Å². The lowest BCUT2D eigenvalue weighted by Gasteiger charge is -2.21. The number of hydrogen-bond acceptors (Lipinski definition) is 2. The molecule has 6 heteroatoms. The molecule has 1 unspecified atom stereocenters. The first-order valence-electron chi connectivity index (χ1n) is 4.01. The van der Waals surface area contributed by atoms with Gasteiger partial charge in [-0.05, 0) is 0 Å². The molecule has 0 spiro atoms. The maximum absolute atomic E-state index is 12.1. The van der Waals surface area contributed by atoms with E-state index in [-0.39, 0.29) is 12.1 Å². The van der Waals surface area contributed by atoms with Gasteiger partial charge >= 0.3 is 6.18 Å². The monoisotopic (exact) mass is 211 g/mol.